The molecule has 0 saturated carbocycles. The molecular formula is C16H12FNO2. The van der Waals surface area contributed by atoms with Crippen LogP contribution in [0.5, 0.6) is 5.75 Å². The number of ketones is 1. The standard InChI is InChI=1S/C16H12FNO2/c1-11(19)15-7-6-14(8-16(15)17)20-10-13-5-3-2-4-12(13)9-18/h2-8H,10H2,1H3. The van der Waals surface area contributed by atoms with Gasteiger partial charge in [0.15, 0.2) is 5.78 Å². The lowest BCUT2D eigenvalue weighted by molar-refractivity contribution is 0.101. The number of carbonyl (C=O) groups excluding carboxylic acids is 1. The molecule has 0 saturated heterocycles. The van der Waals surface area contributed by atoms with E-state index in [2.05, 4.69) is 6.07 Å². The minimum absolute atomic E-state index is 0.0368. The molecule has 0 fully saturated rings. The fraction of sp³-hybridized carbons (Fsp3) is 0.125. The predicted octanol–water partition coefficient (Wildman–Crippen LogP) is 3.48. The summed E-state index contributed by atoms with van der Waals surface area (Å²) in [5.74, 6) is -0.618. The molecule has 0 radical (unpaired) electrons. The normalized spacial score (nSPS) is 9.85. The average molecular weight is 269 g/mol. The number of nitriles is 1. The number of Topliss-reactive ketones (excluding diaryl/α,β-unsaturated/α-hetero) is 1. The first-order valence-electron chi connectivity index (χ1n) is 6.03. The second-order valence-corrected chi connectivity index (χ2v) is 4.26. The lowest BCUT2D eigenvalue weighted by atomic mass is 10.1. The number of benzene rings is 2. The van der Waals surface area contributed by atoms with Crippen LogP contribution >= 0.6 is 0 Å². The van der Waals surface area contributed by atoms with E-state index >= 15 is 0 Å². The van der Waals surface area contributed by atoms with Crippen LogP contribution in [-0.4, -0.2) is 5.78 Å². The van der Waals surface area contributed by atoms with Crippen molar-refractivity contribution in [3.63, 3.8) is 0 Å². The summed E-state index contributed by atoms with van der Waals surface area (Å²) < 4.78 is 19.1. The van der Waals surface area contributed by atoms with Crippen LogP contribution in [0.4, 0.5) is 4.39 Å². The number of halogens is 1. The minimum atomic E-state index is -0.608. The topological polar surface area (TPSA) is 50.1 Å². The molecule has 0 aliphatic rings. The van der Waals surface area contributed by atoms with Gasteiger partial charge in [0.2, 0.25) is 0 Å². The van der Waals surface area contributed by atoms with Gasteiger partial charge in [-0.1, -0.05) is 18.2 Å². The van der Waals surface area contributed by atoms with Gasteiger partial charge in [0.1, 0.15) is 18.2 Å². The van der Waals surface area contributed by atoms with Gasteiger partial charge in [-0.25, -0.2) is 4.39 Å². The highest BCUT2D eigenvalue weighted by molar-refractivity contribution is 5.94. The van der Waals surface area contributed by atoms with Gasteiger partial charge >= 0.3 is 0 Å². The minimum Gasteiger partial charge on any atom is -0.489 e. The molecule has 0 amide bonds. The molecule has 100 valence electrons. The van der Waals surface area contributed by atoms with Gasteiger partial charge in [-0.15, -0.1) is 0 Å². The molecule has 0 aromatic heterocycles. The Bertz CT molecular complexity index is 689. The molecule has 2 aromatic carbocycles. The first-order chi connectivity index (χ1) is 9.61. The highest BCUT2D eigenvalue weighted by atomic mass is 19.1. The van der Waals surface area contributed by atoms with Crippen LogP contribution in [0.15, 0.2) is 42.5 Å². The van der Waals surface area contributed by atoms with Crippen LogP contribution in [-0.2, 0) is 6.61 Å². The van der Waals surface area contributed by atoms with Crippen LogP contribution in [0, 0.1) is 17.1 Å². The first-order valence-corrected chi connectivity index (χ1v) is 6.03. The highest BCUT2D eigenvalue weighted by Crippen LogP contribution is 2.19. The fourth-order valence-electron chi connectivity index (χ4n) is 1.79. The molecule has 20 heavy (non-hydrogen) atoms. The van der Waals surface area contributed by atoms with Crippen LogP contribution in [0.2, 0.25) is 0 Å². The lowest BCUT2D eigenvalue weighted by Crippen LogP contribution is -2.01. The Morgan fingerprint density at radius 1 is 1.30 bits per heavy atom. The zero-order valence-electron chi connectivity index (χ0n) is 10.9. The number of hydrogen-bond acceptors (Lipinski definition) is 3. The number of hydrogen-bond donors (Lipinski definition) is 0. The monoisotopic (exact) mass is 269 g/mol. The van der Waals surface area contributed by atoms with Crippen molar-refractivity contribution in [1.29, 1.82) is 5.26 Å². The Morgan fingerprint density at radius 3 is 2.70 bits per heavy atom. The molecule has 0 aliphatic carbocycles. The smallest absolute Gasteiger partial charge is 0.162 e. The zero-order valence-corrected chi connectivity index (χ0v) is 10.9. The molecule has 0 atom stereocenters. The van der Waals surface area contributed by atoms with E-state index in [1.54, 1.807) is 24.3 Å². The van der Waals surface area contributed by atoms with Crippen molar-refractivity contribution in [3.05, 3.63) is 65.0 Å². The van der Waals surface area contributed by atoms with Crippen molar-refractivity contribution in [2.24, 2.45) is 0 Å². The number of nitrogens with zero attached hydrogens (tertiary/aromatic N) is 1. The SMILES string of the molecule is CC(=O)c1ccc(OCc2ccccc2C#N)cc1F. The largest absolute Gasteiger partial charge is 0.489 e. The van der Waals surface area contributed by atoms with Gasteiger partial charge in [-0.3, -0.25) is 4.79 Å². The average Bonchev–Trinajstić information content (AvgIpc) is 2.45. The summed E-state index contributed by atoms with van der Waals surface area (Å²) in [6, 6.07) is 13.2. The van der Waals surface area contributed by atoms with E-state index in [1.165, 1.54) is 25.1 Å². The summed E-state index contributed by atoms with van der Waals surface area (Å²) in [5, 5.41) is 8.95. The van der Waals surface area contributed by atoms with E-state index in [1.807, 2.05) is 0 Å². The van der Waals surface area contributed by atoms with E-state index in [0.29, 0.717) is 11.3 Å². The Hall–Kier alpha value is -2.67. The maximum atomic E-state index is 13.6. The van der Waals surface area contributed by atoms with E-state index in [-0.39, 0.29) is 18.0 Å². The van der Waals surface area contributed by atoms with Gasteiger partial charge in [-0.05, 0) is 25.1 Å². The molecule has 2 rings (SSSR count). The van der Waals surface area contributed by atoms with Crippen molar-refractivity contribution < 1.29 is 13.9 Å². The third kappa shape index (κ3) is 3.01. The van der Waals surface area contributed by atoms with Gasteiger partial charge < -0.3 is 4.74 Å². The van der Waals surface area contributed by atoms with Crippen LogP contribution < -0.4 is 4.74 Å². The molecule has 0 unspecified atom stereocenters. The van der Waals surface area contributed by atoms with Gasteiger partial charge in [-0.2, -0.15) is 5.26 Å². The first kappa shape index (κ1) is 13.8. The van der Waals surface area contributed by atoms with Crippen molar-refractivity contribution in [1.82, 2.24) is 0 Å². The van der Waals surface area contributed by atoms with E-state index in [4.69, 9.17) is 10.00 Å². The maximum absolute atomic E-state index is 13.6. The van der Waals surface area contributed by atoms with Gasteiger partial charge in [0, 0.05) is 11.6 Å². The van der Waals surface area contributed by atoms with Crippen LogP contribution in [0.25, 0.3) is 0 Å². The highest BCUT2D eigenvalue weighted by Gasteiger charge is 2.09. The van der Waals surface area contributed by atoms with E-state index < -0.39 is 5.82 Å². The molecule has 3 nitrogen and oxygen atoms in total. The number of ether oxygens (including phenoxy) is 1. The molecule has 0 heterocycles. The van der Waals surface area contributed by atoms with Gasteiger partial charge in [0.25, 0.3) is 0 Å². The summed E-state index contributed by atoms with van der Waals surface area (Å²) in [7, 11) is 0. The summed E-state index contributed by atoms with van der Waals surface area (Å²) in [6.07, 6.45) is 0. The maximum Gasteiger partial charge on any atom is 0.162 e. The van der Waals surface area contributed by atoms with Gasteiger partial charge in [0.05, 0.1) is 17.2 Å². The number of carbonyl (C=O) groups is 1. The second-order valence-electron chi connectivity index (χ2n) is 4.26. The Balaban J connectivity index is 2.14. The fourth-order valence-corrected chi connectivity index (χ4v) is 1.79. The molecule has 0 bridgehead atoms. The molecule has 4 heteroatoms. The molecular weight excluding hydrogens is 257 g/mol. The Kier molecular flexibility index (Phi) is 4.11. The van der Waals surface area contributed by atoms with Crippen LogP contribution in [0.3, 0.4) is 0 Å². The van der Waals surface area contributed by atoms with E-state index in [0.717, 1.165) is 5.56 Å². The summed E-state index contributed by atoms with van der Waals surface area (Å²) in [6.45, 7) is 1.48. The second kappa shape index (κ2) is 5.98. The summed E-state index contributed by atoms with van der Waals surface area (Å²) >= 11 is 0. The third-order valence-corrected chi connectivity index (χ3v) is 2.85. The quantitative estimate of drug-likeness (QED) is 0.798. The van der Waals surface area contributed by atoms with E-state index in [9.17, 15) is 9.18 Å². The summed E-state index contributed by atoms with van der Waals surface area (Å²) in [5.41, 5.74) is 1.29. The zero-order chi connectivity index (χ0) is 14.5. The van der Waals surface area contributed by atoms with Crippen molar-refractivity contribution in [3.8, 4) is 11.8 Å². The molecule has 0 N–H and O–H groups in total. The number of rotatable bonds is 4. The molecule has 2 aromatic rings. The predicted molar refractivity (Wildman–Crippen MR) is 71.9 cm³/mol. The third-order valence-electron chi connectivity index (χ3n) is 2.85. The molecule has 0 aliphatic heterocycles. The van der Waals surface area contributed by atoms with Crippen molar-refractivity contribution in [2.45, 2.75) is 13.5 Å². The van der Waals surface area contributed by atoms with Crippen LogP contribution in [0.1, 0.15) is 28.4 Å². The molecule has 0 spiro atoms. The Labute approximate surface area is 116 Å². The Morgan fingerprint density at radius 2 is 2.05 bits per heavy atom. The summed E-state index contributed by atoms with van der Waals surface area (Å²) in [4.78, 5) is 11.1. The lowest BCUT2D eigenvalue weighted by Gasteiger charge is -2.08. The van der Waals surface area contributed by atoms with Crippen molar-refractivity contribution >= 4 is 5.78 Å². The van der Waals surface area contributed by atoms with Crippen molar-refractivity contribution in [2.75, 3.05) is 0 Å².